The average molecular weight is 277 g/mol. The third kappa shape index (κ3) is 2.72. The Morgan fingerprint density at radius 1 is 1.10 bits per heavy atom. The Labute approximate surface area is 118 Å². The Hall–Kier alpha value is -2.14. The summed E-state index contributed by atoms with van der Waals surface area (Å²) in [5, 5.41) is 9.09. The molecule has 1 aliphatic rings. The van der Waals surface area contributed by atoms with Gasteiger partial charge in [-0.1, -0.05) is 6.08 Å². The van der Waals surface area contributed by atoms with Crippen LogP contribution in [-0.4, -0.2) is 39.6 Å². The fourth-order valence-electron chi connectivity index (χ4n) is 2.07. The van der Waals surface area contributed by atoms with E-state index in [0.29, 0.717) is 23.8 Å². The predicted molar refractivity (Wildman–Crippen MR) is 77.8 cm³/mol. The summed E-state index contributed by atoms with van der Waals surface area (Å²) in [5.74, 6) is 1.81. The molecule has 0 atom stereocenters. The molecule has 2 rings (SSSR count). The first-order valence-corrected chi connectivity index (χ1v) is 6.28. The number of methoxy groups -OCH3 is 3. The number of hydrogen-bond donors (Lipinski definition) is 1. The Morgan fingerprint density at radius 3 is 2.15 bits per heavy atom. The van der Waals surface area contributed by atoms with Crippen molar-refractivity contribution in [2.45, 2.75) is 0 Å². The fourth-order valence-corrected chi connectivity index (χ4v) is 2.07. The van der Waals surface area contributed by atoms with Crippen molar-refractivity contribution < 1.29 is 19.3 Å². The van der Waals surface area contributed by atoms with E-state index in [2.05, 4.69) is 0 Å². The third-order valence-electron chi connectivity index (χ3n) is 3.18. The molecule has 0 radical (unpaired) electrons. The molecule has 1 aliphatic heterocycles. The molecule has 0 spiro atoms. The van der Waals surface area contributed by atoms with Crippen LogP contribution in [0.5, 0.6) is 17.2 Å². The Bertz CT molecular complexity index is 512. The van der Waals surface area contributed by atoms with E-state index in [1.165, 1.54) is 0 Å². The lowest BCUT2D eigenvalue weighted by atomic mass is 10.1. The van der Waals surface area contributed by atoms with Crippen LogP contribution < -0.4 is 19.1 Å². The molecule has 0 saturated heterocycles. The molecule has 20 heavy (non-hydrogen) atoms. The quantitative estimate of drug-likeness (QED) is 0.891. The summed E-state index contributed by atoms with van der Waals surface area (Å²) in [6, 6.07) is 3.78. The van der Waals surface area contributed by atoms with Gasteiger partial charge in [-0.3, -0.25) is 0 Å². The van der Waals surface area contributed by atoms with Gasteiger partial charge in [0.05, 0.1) is 27.9 Å². The predicted octanol–water partition coefficient (Wildman–Crippen LogP) is 1.96. The SMILES string of the molecule is COc1cc(N2C=CC(CO)=CC2)cc(OC)c1OC. The van der Waals surface area contributed by atoms with Crippen LogP contribution in [0, 0.1) is 0 Å². The van der Waals surface area contributed by atoms with Crippen LogP contribution in [0.3, 0.4) is 0 Å². The van der Waals surface area contributed by atoms with Crippen molar-refractivity contribution in [3.05, 3.63) is 36.1 Å². The van der Waals surface area contributed by atoms with Gasteiger partial charge >= 0.3 is 0 Å². The molecule has 0 aromatic heterocycles. The first-order valence-electron chi connectivity index (χ1n) is 6.28. The molecule has 0 amide bonds. The first-order chi connectivity index (χ1) is 9.73. The lowest BCUT2D eigenvalue weighted by molar-refractivity contribution is 0.324. The van der Waals surface area contributed by atoms with E-state index in [-0.39, 0.29) is 6.61 Å². The van der Waals surface area contributed by atoms with E-state index in [9.17, 15) is 0 Å². The minimum absolute atomic E-state index is 0.0552. The standard InChI is InChI=1S/C15H19NO4/c1-18-13-8-12(9-14(19-2)15(13)20-3)16-6-4-11(10-17)5-7-16/h4-6,8-9,17H,7,10H2,1-3H3. The topological polar surface area (TPSA) is 51.2 Å². The van der Waals surface area contributed by atoms with Crippen LogP contribution in [0.25, 0.3) is 0 Å². The van der Waals surface area contributed by atoms with Crippen LogP contribution in [-0.2, 0) is 0 Å². The van der Waals surface area contributed by atoms with Crippen LogP contribution in [0.1, 0.15) is 0 Å². The van der Waals surface area contributed by atoms with Crippen molar-refractivity contribution >= 4 is 5.69 Å². The van der Waals surface area contributed by atoms with Gasteiger partial charge in [0.1, 0.15) is 0 Å². The van der Waals surface area contributed by atoms with Gasteiger partial charge in [-0.2, -0.15) is 0 Å². The third-order valence-corrected chi connectivity index (χ3v) is 3.18. The lowest BCUT2D eigenvalue weighted by Gasteiger charge is -2.24. The average Bonchev–Trinajstić information content (AvgIpc) is 2.53. The molecule has 0 saturated carbocycles. The maximum absolute atomic E-state index is 9.09. The molecule has 0 fully saturated rings. The highest BCUT2D eigenvalue weighted by molar-refractivity contribution is 5.65. The maximum Gasteiger partial charge on any atom is 0.203 e. The smallest absolute Gasteiger partial charge is 0.203 e. The van der Waals surface area contributed by atoms with E-state index < -0.39 is 0 Å². The number of nitrogens with zero attached hydrogens (tertiary/aromatic N) is 1. The molecule has 0 aliphatic carbocycles. The number of anilines is 1. The Balaban J connectivity index is 2.34. The van der Waals surface area contributed by atoms with Crippen LogP contribution in [0.15, 0.2) is 36.1 Å². The maximum atomic E-state index is 9.09. The number of aliphatic hydroxyl groups is 1. The molecule has 0 unspecified atom stereocenters. The van der Waals surface area contributed by atoms with Crippen molar-refractivity contribution in [3.63, 3.8) is 0 Å². The van der Waals surface area contributed by atoms with Crippen LogP contribution >= 0.6 is 0 Å². The van der Waals surface area contributed by atoms with E-state index in [4.69, 9.17) is 19.3 Å². The molecule has 5 nitrogen and oxygen atoms in total. The van der Waals surface area contributed by atoms with Gasteiger partial charge in [-0.15, -0.1) is 0 Å². The molecule has 1 heterocycles. The highest BCUT2D eigenvalue weighted by Crippen LogP contribution is 2.41. The first kappa shape index (κ1) is 14.3. The molecule has 1 aromatic carbocycles. The summed E-state index contributed by atoms with van der Waals surface area (Å²) in [5.41, 5.74) is 1.85. The van der Waals surface area contributed by atoms with Crippen LogP contribution in [0.2, 0.25) is 0 Å². The summed E-state index contributed by atoms with van der Waals surface area (Å²) in [4.78, 5) is 2.03. The fraction of sp³-hybridized carbons (Fsp3) is 0.333. The highest BCUT2D eigenvalue weighted by Gasteiger charge is 2.16. The van der Waals surface area contributed by atoms with Crippen molar-refractivity contribution in [2.24, 2.45) is 0 Å². The summed E-state index contributed by atoms with van der Waals surface area (Å²) in [6.07, 6.45) is 5.78. The second-order valence-corrected chi connectivity index (χ2v) is 4.29. The summed E-state index contributed by atoms with van der Waals surface area (Å²) in [7, 11) is 4.77. The van der Waals surface area contributed by atoms with Gasteiger partial charge in [-0.05, 0) is 11.6 Å². The molecular weight excluding hydrogens is 258 g/mol. The Morgan fingerprint density at radius 2 is 1.75 bits per heavy atom. The number of aliphatic hydroxyl groups excluding tert-OH is 1. The van der Waals surface area contributed by atoms with E-state index in [0.717, 1.165) is 11.3 Å². The Kier molecular flexibility index (Phi) is 4.53. The number of hydrogen-bond acceptors (Lipinski definition) is 5. The van der Waals surface area contributed by atoms with Gasteiger partial charge in [0, 0.05) is 30.6 Å². The normalized spacial score (nSPS) is 14.0. The zero-order valence-corrected chi connectivity index (χ0v) is 11.9. The van der Waals surface area contributed by atoms with E-state index in [1.807, 2.05) is 35.4 Å². The highest BCUT2D eigenvalue weighted by atomic mass is 16.5. The minimum Gasteiger partial charge on any atom is -0.493 e. The monoisotopic (exact) mass is 277 g/mol. The summed E-state index contributed by atoms with van der Waals surface area (Å²) >= 11 is 0. The minimum atomic E-state index is 0.0552. The van der Waals surface area contributed by atoms with E-state index >= 15 is 0 Å². The summed E-state index contributed by atoms with van der Waals surface area (Å²) < 4.78 is 16.0. The van der Waals surface area contributed by atoms with Gasteiger partial charge in [0.2, 0.25) is 5.75 Å². The molecule has 108 valence electrons. The van der Waals surface area contributed by atoms with Crippen molar-refractivity contribution in [3.8, 4) is 17.2 Å². The second kappa shape index (κ2) is 6.34. The number of ether oxygens (including phenoxy) is 3. The zero-order valence-electron chi connectivity index (χ0n) is 11.9. The summed E-state index contributed by atoms with van der Waals surface area (Å²) in [6.45, 7) is 0.741. The van der Waals surface area contributed by atoms with E-state index in [1.54, 1.807) is 21.3 Å². The molecule has 5 heteroatoms. The lowest BCUT2D eigenvalue weighted by Crippen LogP contribution is -2.19. The molecule has 1 aromatic rings. The van der Waals surface area contributed by atoms with Gasteiger partial charge in [0.25, 0.3) is 0 Å². The molecular formula is C15H19NO4. The second-order valence-electron chi connectivity index (χ2n) is 4.29. The molecule has 0 bridgehead atoms. The molecule has 1 N–H and O–H groups in total. The zero-order chi connectivity index (χ0) is 14.5. The van der Waals surface area contributed by atoms with Gasteiger partial charge in [0.15, 0.2) is 11.5 Å². The van der Waals surface area contributed by atoms with Crippen molar-refractivity contribution in [1.29, 1.82) is 0 Å². The van der Waals surface area contributed by atoms with Crippen molar-refractivity contribution in [1.82, 2.24) is 0 Å². The largest absolute Gasteiger partial charge is 0.493 e. The number of rotatable bonds is 5. The van der Waals surface area contributed by atoms with Crippen molar-refractivity contribution in [2.75, 3.05) is 39.4 Å². The van der Waals surface area contributed by atoms with Gasteiger partial charge < -0.3 is 24.2 Å². The number of benzene rings is 1. The van der Waals surface area contributed by atoms with Gasteiger partial charge in [-0.25, -0.2) is 0 Å². The van der Waals surface area contributed by atoms with Crippen LogP contribution in [0.4, 0.5) is 5.69 Å².